The number of hydrogen-bond acceptors (Lipinski definition) is 3. The van der Waals surface area contributed by atoms with Crippen molar-refractivity contribution in [1.82, 2.24) is 4.31 Å². The molecule has 1 unspecified atom stereocenters. The number of carbonyl (C=O) groups is 1. The number of nitrogens with zero attached hydrogens (tertiary/aromatic N) is 1. The molecule has 138 valence electrons. The highest BCUT2D eigenvalue weighted by atomic mass is 35.5. The fraction of sp³-hybridized carbons (Fsp3) is 0.278. The summed E-state index contributed by atoms with van der Waals surface area (Å²) in [5, 5.41) is 3.59. The van der Waals surface area contributed by atoms with Gasteiger partial charge in [-0.15, -0.1) is 0 Å². The van der Waals surface area contributed by atoms with Gasteiger partial charge in [-0.05, 0) is 43.2 Å². The van der Waals surface area contributed by atoms with Crippen molar-refractivity contribution in [3.8, 4) is 0 Å². The van der Waals surface area contributed by atoms with Gasteiger partial charge in [0.25, 0.3) is 0 Å². The van der Waals surface area contributed by atoms with E-state index in [0.29, 0.717) is 35.1 Å². The lowest BCUT2D eigenvalue weighted by molar-refractivity contribution is -0.120. The van der Waals surface area contributed by atoms with Gasteiger partial charge in [0.1, 0.15) is 0 Å². The van der Waals surface area contributed by atoms with Gasteiger partial charge >= 0.3 is 0 Å². The van der Waals surface area contributed by atoms with Crippen LogP contribution in [0.15, 0.2) is 53.4 Å². The maximum atomic E-state index is 12.8. The number of piperidine rings is 1. The van der Waals surface area contributed by atoms with Crippen molar-refractivity contribution >= 4 is 44.8 Å². The fourth-order valence-electron chi connectivity index (χ4n) is 2.94. The molecule has 1 amide bonds. The summed E-state index contributed by atoms with van der Waals surface area (Å²) in [5.74, 6) is -0.684. The number of anilines is 1. The van der Waals surface area contributed by atoms with Gasteiger partial charge in [-0.3, -0.25) is 4.79 Å². The molecule has 1 N–H and O–H groups in total. The second kappa shape index (κ2) is 7.96. The van der Waals surface area contributed by atoms with Crippen molar-refractivity contribution < 1.29 is 13.2 Å². The van der Waals surface area contributed by atoms with Crippen molar-refractivity contribution in [1.29, 1.82) is 0 Å². The largest absolute Gasteiger partial charge is 0.324 e. The molecule has 0 aliphatic carbocycles. The number of amides is 1. The maximum absolute atomic E-state index is 12.8. The minimum atomic E-state index is -3.61. The number of sulfonamides is 1. The average Bonchev–Trinajstić information content (AvgIpc) is 2.65. The first-order valence-electron chi connectivity index (χ1n) is 8.19. The van der Waals surface area contributed by atoms with Gasteiger partial charge < -0.3 is 5.32 Å². The second-order valence-electron chi connectivity index (χ2n) is 6.13. The van der Waals surface area contributed by atoms with Crippen LogP contribution in [-0.2, 0) is 14.8 Å². The first-order valence-corrected chi connectivity index (χ1v) is 10.4. The van der Waals surface area contributed by atoms with Gasteiger partial charge in [-0.2, -0.15) is 4.31 Å². The van der Waals surface area contributed by atoms with Crippen LogP contribution in [0.1, 0.15) is 12.8 Å². The van der Waals surface area contributed by atoms with E-state index in [0.717, 1.165) is 0 Å². The van der Waals surface area contributed by atoms with Crippen LogP contribution in [0.5, 0.6) is 0 Å². The van der Waals surface area contributed by atoms with Gasteiger partial charge in [0.15, 0.2) is 0 Å². The Balaban J connectivity index is 1.73. The second-order valence-corrected chi connectivity index (χ2v) is 8.91. The molecule has 0 saturated carbocycles. The predicted octanol–water partition coefficient (Wildman–Crippen LogP) is 4.03. The van der Waals surface area contributed by atoms with E-state index in [1.54, 1.807) is 48.5 Å². The molecule has 0 aromatic heterocycles. The van der Waals surface area contributed by atoms with E-state index >= 15 is 0 Å². The van der Waals surface area contributed by atoms with Crippen LogP contribution >= 0.6 is 23.2 Å². The molecule has 2 aromatic carbocycles. The predicted molar refractivity (Wildman–Crippen MR) is 103 cm³/mol. The zero-order valence-electron chi connectivity index (χ0n) is 13.9. The number of halogens is 2. The zero-order chi connectivity index (χ0) is 18.7. The Morgan fingerprint density at radius 3 is 2.54 bits per heavy atom. The van der Waals surface area contributed by atoms with Gasteiger partial charge in [0.05, 0.1) is 21.5 Å². The standard InChI is InChI=1S/C18H18Cl2N2O3S/c19-14-8-9-17(16(20)11-14)21-18(23)13-5-4-10-22(12-13)26(24,25)15-6-2-1-3-7-15/h1-3,6-9,11,13H,4-5,10,12H2,(H,21,23). The van der Waals surface area contributed by atoms with Crippen molar-refractivity contribution in [2.75, 3.05) is 18.4 Å². The third kappa shape index (κ3) is 4.20. The van der Waals surface area contributed by atoms with E-state index in [9.17, 15) is 13.2 Å². The SMILES string of the molecule is O=C(Nc1ccc(Cl)cc1Cl)C1CCCN(S(=O)(=O)c2ccccc2)C1. The minimum Gasteiger partial charge on any atom is -0.324 e. The molecule has 0 spiro atoms. The molecule has 1 atom stereocenters. The first kappa shape index (κ1) is 19.2. The van der Waals surface area contributed by atoms with Gasteiger partial charge in [-0.25, -0.2) is 8.42 Å². The number of rotatable bonds is 4. The molecule has 5 nitrogen and oxygen atoms in total. The summed E-state index contributed by atoms with van der Waals surface area (Å²) < 4.78 is 26.9. The third-order valence-corrected chi connectivity index (χ3v) is 6.75. The van der Waals surface area contributed by atoms with Crippen LogP contribution in [-0.4, -0.2) is 31.7 Å². The lowest BCUT2D eigenvalue weighted by atomic mass is 9.99. The third-order valence-electron chi connectivity index (χ3n) is 4.32. The summed E-state index contributed by atoms with van der Waals surface area (Å²) >= 11 is 11.9. The molecule has 2 aromatic rings. The molecule has 1 saturated heterocycles. The lowest BCUT2D eigenvalue weighted by Crippen LogP contribution is -2.43. The topological polar surface area (TPSA) is 66.5 Å². The highest BCUT2D eigenvalue weighted by Gasteiger charge is 2.33. The normalized spacial score (nSPS) is 18.5. The first-order chi connectivity index (χ1) is 12.4. The van der Waals surface area contributed by atoms with Crippen LogP contribution in [0.3, 0.4) is 0 Å². The molecule has 1 aliphatic rings. The number of nitrogens with one attached hydrogen (secondary N) is 1. The van der Waals surface area contributed by atoms with Crippen LogP contribution < -0.4 is 5.32 Å². The van der Waals surface area contributed by atoms with E-state index in [4.69, 9.17) is 23.2 Å². The smallest absolute Gasteiger partial charge is 0.243 e. The summed E-state index contributed by atoms with van der Waals surface area (Å²) in [6, 6.07) is 13.1. The highest BCUT2D eigenvalue weighted by Crippen LogP contribution is 2.28. The number of carbonyl (C=O) groups excluding carboxylic acids is 1. The summed E-state index contributed by atoms with van der Waals surface area (Å²) in [7, 11) is -3.61. The van der Waals surface area contributed by atoms with Crippen LogP contribution in [0.4, 0.5) is 5.69 Å². The molecule has 1 aliphatic heterocycles. The Bertz CT molecular complexity index is 904. The average molecular weight is 413 g/mol. The van der Waals surface area contributed by atoms with Gasteiger partial charge in [0, 0.05) is 18.1 Å². The molecule has 8 heteroatoms. The Morgan fingerprint density at radius 2 is 1.85 bits per heavy atom. The molecule has 1 fully saturated rings. The summed E-state index contributed by atoms with van der Waals surface area (Å²) in [5.41, 5.74) is 0.462. The molecular formula is C18H18Cl2N2O3S. The van der Waals surface area contributed by atoms with Crippen LogP contribution in [0, 0.1) is 5.92 Å². The van der Waals surface area contributed by atoms with Crippen molar-refractivity contribution in [3.05, 3.63) is 58.6 Å². The minimum absolute atomic E-state index is 0.147. The molecule has 0 radical (unpaired) electrons. The van der Waals surface area contributed by atoms with Crippen molar-refractivity contribution in [2.45, 2.75) is 17.7 Å². The highest BCUT2D eigenvalue weighted by molar-refractivity contribution is 7.89. The van der Waals surface area contributed by atoms with Crippen LogP contribution in [0.25, 0.3) is 0 Å². The quantitative estimate of drug-likeness (QED) is 0.823. The fourth-order valence-corrected chi connectivity index (χ4v) is 4.94. The Morgan fingerprint density at radius 1 is 1.12 bits per heavy atom. The molecule has 1 heterocycles. The summed E-state index contributed by atoms with van der Waals surface area (Å²) in [6.07, 6.45) is 1.25. The number of benzene rings is 2. The molecule has 3 rings (SSSR count). The molecule has 0 bridgehead atoms. The van der Waals surface area contributed by atoms with Crippen LogP contribution in [0.2, 0.25) is 10.0 Å². The zero-order valence-corrected chi connectivity index (χ0v) is 16.2. The summed E-state index contributed by atoms with van der Waals surface area (Å²) in [4.78, 5) is 12.8. The maximum Gasteiger partial charge on any atom is 0.243 e. The van der Waals surface area contributed by atoms with Gasteiger partial charge in [0.2, 0.25) is 15.9 Å². The van der Waals surface area contributed by atoms with Crippen molar-refractivity contribution in [2.24, 2.45) is 5.92 Å². The van der Waals surface area contributed by atoms with Gasteiger partial charge in [-0.1, -0.05) is 41.4 Å². The van der Waals surface area contributed by atoms with E-state index < -0.39 is 15.9 Å². The summed E-state index contributed by atoms with van der Waals surface area (Å²) in [6.45, 7) is 0.553. The van der Waals surface area contributed by atoms with E-state index in [-0.39, 0.29) is 17.3 Å². The van der Waals surface area contributed by atoms with E-state index in [2.05, 4.69) is 5.32 Å². The Hall–Kier alpha value is -1.60. The van der Waals surface area contributed by atoms with E-state index in [1.807, 2.05) is 0 Å². The molecular weight excluding hydrogens is 395 g/mol. The Kier molecular flexibility index (Phi) is 5.87. The van der Waals surface area contributed by atoms with E-state index in [1.165, 1.54) is 4.31 Å². The molecule has 26 heavy (non-hydrogen) atoms. The Labute approximate surface area is 163 Å². The monoisotopic (exact) mass is 412 g/mol. The van der Waals surface area contributed by atoms with Crippen molar-refractivity contribution in [3.63, 3.8) is 0 Å². The number of hydrogen-bond donors (Lipinski definition) is 1. The lowest BCUT2D eigenvalue weighted by Gasteiger charge is -2.31.